The lowest BCUT2D eigenvalue weighted by atomic mass is 9.71. The van der Waals surface area contributed by atoms with Crippen LogP contribution in [-0.2, 0) is 22.4 Å². The van der Waals surface area contributed by atoms with Crippen LogP contribution in [0.25, 0.3) is 0 Å². The zero-order valence-corrected chi connectivity index (χ0v) is 25.3. The fraction of sp³-hybridized carbons (Fsp3) is 0.727. The molecule has 1 aliphatic rings. The summed E-state index contributed by atoms with van der Waals surface area (Å²) in [6.07, 6.45) is 8.71. The number of ketones is 3. The molecule has 0 aliphatic heterocycles. The molecule has 3 unspecified atom stereocenters. The number of fused-ring (bicyclic) bond motifs is 1. The molecule has 206 valence electrons. The third-order valence-electron chi connectivity index (χ3n) is 6.69. The van der Waals surface area contributed by atoms with Crippen LogP contribution in [-0.4, -0.2) is 17.3 Å². The predicted octanol–water partition coefficient (Wildman–Crippen LogP) is 9.15. The maximum Gasteiger partial charge on any atom is 0.163 e. The van der Waals surface area contributed by atoms with E-state index in [1.54, 1.807) is 0 Å². The number of hydrogen-bond acceptors (Lipinski definition) is 3. The molecule has 0 aromatic heterocycles. The highest BCUT2D eigenvalue weighted by Gasteiger charge is 2.33. The van der Waals surface area contributed by atoms with Gasteiger partial charge in [0, 0.05) is 17.9 Å². The van der Waals surface area contributed by atoms with Gasteiger partial charge in [-0.15, -0.1) is 0 Å². The van der Waals surface area contributed by atoms with Crippen LogP contribution in [0.5, 0.6) is 0 Å². The molecule has 0 N–H and O–H groups in total. The maximum absolute atomic E-state index is 13.1. The first kappa shape index (κ1) is 34.2. The normalized spacial score (nSPS) is 16.2. The Morgan fingerprint density at radius 2 is 1.56 bits per heavy atom. The van der Waals surface area contributed by atoms with Gasteiger partial charge in [-0.1, -0.05) is 93.2 Å². The van der Waals surface area contributed by atoms with Gasteiger partial charge >= 0.3 is 0 Å². The lowest BCUT2D eigenvalue weighted by Crippen LogP contribution is -2.30. The minimum atomic E-state index is -0.0690. The first-order valence-electron chi connectivity index (χ1n) is 14.7. The highest BCUT2D eigenvalue weighted by Crippen LogP contribution is 2.37. The van der Waals surface area contributed by atoms with Gasteiger partial charge in [-0.05, 0) is 74.0 Å². The Balaban J connectivity index is 0.00000185. The van der Waals surface area contributed by atoms with Crippen LogP contribution in [0.15, 0.2) is 12.1 Å². The molecule has 0 radical (unpaired) electrons. The Morgan fingerprint density at radius 1 is 0.972 bits per heavy atom. The van der Waals surface area contributed by atoms with Crippen molar-refractivity contribution < 1.29 is 14.4 Å². The molecular weight excluding hydrogens is 444 g/mol. The maximum atomic E-state index is 13.1. The van der Waals surface area contributed by atoms with Crippen LogP contribution in [0, 0.1) is 30.6 Å². The smallest absolute Gasteiger partial charge is 0.163 e. The van der Waals surface area contributed by atoms with E-state index < -0.39 is 0 Å². The van der Waals surface area contributed by atoms with E-state index in [1.165, 1.54) is 30.9 Å². The average molecular weight is 501 g/mol. The van der Waals surface area contributed by atoms with Crippen molar-refractivity contribution in [3.05, 3.63) is 34.4 Å². The molecule has 1 aromatic rings. The molecule has 0 spiro atoms. The van der Waals surface area contributed by atoms with Crippen molar-refractivity contribution in [2.75, 3.05) is 0 Å². The second kappa shape index (κ2) is 18.5. The van der Waals surface area contributed by atoms with Crippen LogP contribution in [0.2, 0.25) is 0 Å². The van der Waals surface area contributed by atoms with Crippen molar-refractivity contribution in [2.24, 2.45) is 23.7 Å². The summed E-state index contributed by atoms with van der Waals surface area (Å²) < 4.78 is 0. The molecular formula is C33H56O3. The molecule has 0 fully saturated rings. The second-order valence-corrected chi connectivity index (χ2v) is 11.2. The molecule has 0 saturated carbocycles. The summed E-state index contributed by atoms with van der Waals surface area (Å²) >= 11 is 0. The Bertz CT molecular complexity index is 803. The third kappa shape index (κ3) is 11.5. The van der Waals surface area contributed by atoms with Gasteiger partial charge in [0.25, 0.3) is 0 Å². The van der Waals surface area contributed by atoms with E-state index in [0.29, 0.717) is 12.3 Å². The van der Waals surface area contributed by atoms with Crippen LogP contribution in [0.1, 0.15) is 141 Å². The fourth-order valence-corrected chi connectivity index (χ4v) is 5.43. The molecule has 0 heterocycles. The number of benzene rings is 1. The Labute approximate surface area is 223 Å². The van der Waals surface area contributed by atoms with E-state index in [1.807, 2.05) is 6.92 Å². The number of carbonyl (C=O) groups excluding carboxylic acids is 3. The zero-order valence-electron chi connectivity index (χ0n) is 25.3. The van der Waals surface area contributed by atoms with Gasteiger partial charge in [0.1, 0.15) is 11.6 Å². The van der Waals surface area contributed by atoms with Gasteiger partial charge in [0.2, 0.25) is 0 Å². The summed E-state index contributed by atoms with van der Waals surface area (Å²) in [5, 5.41) is 0. The fourth-order valence-electron chi connectivity index (χ4n) is 5.43. The van der Waals surface area contributed by atoms with Crippen molar-refractivity contribution in [3.63, 3.8) is 0 Å². The molecule has 36 heavy (non-hydrogen) atoms. The van der Waals surface area contributed by atoms with Crippen molar-refractivity contribution in [3.8, 4) is 0 Å². The Morgan fingerprint density at radius 3 is 2.03 bits per heavy atom. The minimum absolute atomic E-state index is 0.0446. The minimum Gasteiger partial charge on any atom is -0.300 e. The second-order valence-electron chi connectivity index (χ2n) is 11.2. The predicted molar refractivity (Wildman–Crippen MR) is 155 cm³/mol. The number of rotatable bonds is 11. The first-order chi connectivity index (χ1) is 17.0. The summed E-state index contributed by atoms with van der Waals surface area (Å²) in [5.41, 5.74) is 4.59. The van der Waals surface area contributed by atoms with E-state index in [2.05, 4.69) is 67.5 Å². The molecule has 0 bridgehead atoms. The Kier molecular flexibility index (Phi) is 17.6. The summed E-state index contributed by atoms with van der Waals surface area (Å²) in [6.45, 7) is 20.7. The van der Waals surface area contributed by atoms with E-state index in [4.69, 9.17) is 0 Å². The SMILES string of the molecule is CCC.CCC.CCCC(CC1CC(=O)c2c(ccc(CC(C)C)c2C)C1)C(CC)C(=O)CC(C)=O. The highest BCUT2D eigenvalue weighted by atomic mass is 16.1. The molecule has 1 aromatic carbocycles. The van der Waals surface area contributed by atoms with E-state index in [0.717, 1.165) is 49.7 Å². The average Bonchev–Trinajstić information content (AvgIpc) is 2.76. The molecule has 2 rings (SSSR count). The standard InChI is InChI=1S/C27H40O3.2C3H8/c1-7-9-22(24(8-2)25(29)13-18(5)28)14-20-15-23-11-10-21(12-17(3)4)19(6)27(23)26(30)16-20;2*1-3-2/h10-11,17,20,22,24H,7-9,12-16H2,1-6H3;2*3H2,1-2H3. The van der Waals surface area contributed by atoms with E-state index in [9.17, 15) is 14.4 Å². The zero-order chi connectivity index (χ0) is 27.8. The number of hydrogen-bond donors (Lipinski definition) is 0. The van der Waals surface area contributed by atoms with Gasteiger partial charge < -0.3 is 0 Å². The largest absolute Gasteiger partial charge is 0.300 e. The summed E-state index contributed by atoms with van der Waals surface area (Å²) in [7, 11) is 0. The molecule has 1 aliphatic carbocycles. The van der Waals surface area contributed by atoms with Crippen LogP contribution >= 0.6 is 0 Å². The quantitative estimate of drug-likeness (QED) is 0.285. The van der Waals surface area contributed by atoms with Crippen LogP contribution in [0.3, 0.4) is 0 Å². The van der Waals surface area contributed by atoms with Crippen molar-refractivity contribution in [2.45, 2.75) is 133 Å². The van der Waals surface area contributed by atoms with Gasteiger partial charge in [-0.25, -0.2) is 0 Å². The highest BCUT2D eigenvalue weighted by molar-refractivity contribution is 6.00. The molecule has 3 nitrogen and oxygen atoms in total. The monoisotopic (exact) mass is 500 g/mol. The van der Waals surface area contributed by atoms with Gasteiger partial charge in [-0.3, -0.25) is 14.4 Å². The molecule has 3 atom stereocenters. The summed E-state index contributed by atoms with van der Waals surface area (Å²) in [5.74, 6) is 1.34. The van der Waals surface area contributed by atoms with Gasteiger partial charge in [0.15, 0.2) is 5.78 Å². The summed E-state index contributed by atoms with van der Waals surface area (Å²) in [6, 6.07) is 4.37. The lowest BCUT2D eigenvalue weighted by Gasteiger charge is -2.32. The lowest BCUT2D eigenvalue weighted by molar-refractivity contribution is -0.129. The van der Waals surface area contributed by atoms with Gasteiger partial charge in [-0.2, -0.15) is 0 Å². The molecule has 0 saturated heterocycles. The number of Topliss-reactive ketones (excluding diaryl/α,β-unsaturated/α-hetero) is 3. The number of carbonyl (C=O) groups is 3. The Hall–Kier alpha value is -1.77. The molecule has 3 heteroatoms. The van der Waals surface area contributed by atoms with E-state index in [-0.39, 0.29) is 41.5 Å². The first-order valence-corrected chi connectivity index (χ1v) is 14.7. The topological polar surface area (TPSA) is 51.2 Å². The third-order valence-corrected chi connectivity index (χ3v) is 6.69. The molecule has 0 amide bonds. The van der Waals surface area contributed by atoms with Gasteiger partial charge in [0.05, 0.1) is 6.42 Å². The van der Waals surface area contributed by atoms with Crippen molar-refractivity contribution >= 4 is 17.3 Å². The van der Waals surface area contributed by atoms with E-state index >= 15 is 0 Å². The van der Waals surface area contributed by atoms with Crippen molar-refractivity contribution in [1.82, 2.24) is 0 Å². The van der Waals surface area contributed by atoms with Crippen LogP contribution < -0.4 is 0 Å². The summed E-state index contributed by atoms with van der Waals surface area (Å²) in [4.78, 5) is 37.3. The van der Waals surface area contributed by atoms with Crippen LogP contribution in [0.4, 0.5) is 0 Å². The van der Waals surface area contributed by atoms with Crippen molar-refractivity contribution in [1.29, 1.82) is 0 Å².